The van der Waals surface area contributed by atoms with E-state index in [1.807, 2.05) is 0 Å². The number of imidazole rings is 1. The van der Waals surface area contributed by atoms with Gasteiger partial charge in [0.2, 0.25) is 0 Å². The van der Waals surface area contributed by atoms with E-state index in [-0.39, 0.29) is 5.97 Å². The number of aromatic nitrogens is 2. The van der Waals surface area contributed by atoms with Crippen LogP contribution in [0.5, 0.6) is 0 Å². The van der Waals surface area contributed by atoms with Gasteiger partial charge in [-0.25, -0.2) is 4.98 Å². The highest BCUT2D eigenvalue weighted by Gasteiger charge is 2.02. The van der Waals surface area contributed by atoms with Gasteiger partial charge in [-0.05, 0) is 13.3 Å². The second-order valence-corrected chi connectivity index (χ2v) is 2.38. The van der Waals surface area contributed by atoms with Crippen molar-refractivity contribution in [3.8, 4) is 0 Å². The number of esters is 1. The minimum absolute atomic E-state index is 0.160. The Morgan fingerprint density at radius 1 is 1.75 bits per heavy atom. The molecule has 0 saturated carbocycles. The summed E-state index contributed by atoms with van der Waals surface area (Å²) in [5.74, 6) is -0.160. The first kappa shape index (κ1) is 8.77. The summed E-state index contributed by atoms with van der Waals surface area (Å²) in [5.41, 5.74) is 0.961. The number of hydrogen-bond donors (Lipinski definition) is 1. The summed E-state index contributed by atoms with van der Waals surface area (Å²) in [6.45, 7) is 2.25. The molecule has 12 heavy (non-hydrogen) atoms. The van der Waals surface area contributed by atoms with Crippen LogP contribution in [-0.2, 0) is 16.0 Å². The molecule has 0 atom stereocenters. The molecule has 0 unspecified atom stereocenters. The molecule has 1 rings (SSSR count). The van der Waals surface area contributed by atoms with Crippen LogP contribution in [0.25, 0.3) is 0 Å². The highest BCUT2D eigenvalue weighted by atomic mass is 16.5. The van der Waals surface area contributed by atoms with Crippen LogP contribution in [0, 0.1) is 0 Å². The first-order valence-corrected chi connectivity index (χ1v) is 3.95. The molecule has 1 heterocycles. The van der Waals surface area contributed by atoms with Crippen molar-refractivity contribution in [1.82, 2.24) is 9.97 Å². The monoisotopic (exact) mass is 168 g/mol. The average Bonchev–Trinajstić information content (AvgIpc) is 2.53. The predicted octanol–water partition coefficient (Wildman–Crippen LogP) is 0.905. The third-order valence-electron chi connectivity index (χ3n) is 1.46. The number of nitrogens with zero attached hydrogens (tertiary/aromatic N) is 1. The normalized spacial score (nSPS) is 9.75. The maximum absolute atomic E-state index is 10.9. The van der Waals surface area contributed by atoms with Crippen molar-refractivity contribution in [3.05, 3.63) is 18.2 Å². The molecule has 4 nitrogen and oxygen atoms in total. The quantitative estimate of drug-likeness (QED) is 0.680. The lowest BCUT2D eigenvalue weighted by Gasteiger charge is -1.98. The predicted molar refractivity (Wildman–Crippen MR) is 43.5 cm³/mol. The molecule has 0 aliphatic carbocycles. The lowest BCUT2D eigenvalue weighted by molar-refractivity contribution is -0.143. The van der Waals surface area contributed by atoms with E-state index in [2.05, 4.69) is 9.97 Å². The largest absolute Gasteiger partial charge is 0.466 e. The summed E-state index contributed by atoms with van der Waals surface area (Å²) in [7, 11) is 0. The fourth-order valence-corrected chi connectivity index (χ4v) is 0.891. The Bertz CT molecular complexity index is 231. The highest BCUT2D eigenvalue weighted by Crippen LogP contribution is 1.97. The van der Waals surface area contributed by atoms with Gasteiger partial charge in [-0.2, -0.15) is 0 Å². The van der Waals surface area contributed by atoms with Crippen molar-refractivity contribution in [2.24, 2.45) is 0 Å². The average molecular weight is 168 g/mol. The van der Waals surface area contributed by atoms with Gasteiger partial charge in [-0.1, -0.05) is 0 Å². The van der Waals surface area contributed by atoms with Gasteiger partial charge in [0.15, 0.2) is 0 Å². The fraction of sp³-hybridized carbons (Fsp3) is 0.500. The van der Waals surface area contributed by atoms with Gasteiger partial charge in [0.25, 0.3) is 0 Å². The van der Waals surface area contributed by atoms with Crippen molar-refractivity contribution in [1.29, 1.82) is 0 Å². The Hall–Kier alpha value is -1.32. The lowest BCUT2D eigenvalue weighted by Crippen LogP contribution is -2.05. The Morgan fingerprint density at radius 3 is 3.17 bits per heavy atom. The summed E-state index contributed by atoms with van der Waals surface area (Å²) >= 11 is 0. The summed E-state index contributed by atoms with van der Waals surface area (Å²) in [5, 5.41) is 0. The van der Waals surface area contributed by atoms with Crippen LogP contribution in [0.1, 0.15) is 19.0 Å². The molecule has 1 aromatic rings. The number of ether oxygens (including phenoxy) is 1. The number of H-pyrrole nitrogens is 1. The van der Waals surface area contributed by atoms with Crippen LogP contribution in [0.2, 0.25) is 0 Å². The van der Waals surface area contributed by atoms with E-state index in [9.17, 15) is 4.79 Å². The number of aryl methyl sites for hydroxylation is 1. The molecule has 0 aliphatic rings. The molecular weight excluding hydrogens is 156 g/mol. The van der Waals surface area contributed by atoms with Crippen LogP contribution in [0.4, 0.5) is 0 Å². The number of carbonyl (C=O) groups excluding carboxylic acids is 1. The molecule has 0 aromatic carbocycles. The summed E-state index contributed by atoms with van der Waals surface area (Å²) < 4.78 is 4.77. The molecule has 0 radical (unpaired) electrons. The maximum Gasteiger partial charge on any atom is 0.306 e. The number of aromatic amines is 1. The Balaban J connectivity index is 2.22. The second kappa shape index (κ2) is 4.54. The number of carbonyl (C=O) groups is 1. The second-order valence-electron chi connectivity index (χ2n) is 2.38. The van der Waals surface area contributed by atoms with Gasteiger partial charge in [0.1, 0.15) is 0 Å². The van der Waals surface area contributed by atoms with E-state index in [1.54, 1.807) is 19.4 Å². The van der Waals surface area contributed by atoms with E-state index >= 15 is 0 Å². The Labute approximate surface area is 71.0 Å². The van der Waals surface area contributed by atoms with Crippen molar-refractivity contribution in [3.63, 3.8) is 0 Å². The van der Waals surface area contributed by atoms with Crippen LogP contribution in [0.15, 0.2) is 12.5 Å². The standard InChI is InChI=1S/C8H12N2O2/c1-2-12-8(11)4-3-7-5-9-6-10-7/h5-6H,2-4H2,1H3,(H,9,10). The fourth-order valence-electron chi connectivity index (χ4n) is 0.891. The molecular formula is C8H12N2O2. The smallest absolute Gasteiger partial charge is 0.306 e. The molecule has 66 valence electrons. The van der Waals surface area contributed by atoms with Gasteiger partial charge >= 0.3 is 5.97 Å². The summed E-state index contributed by atoms with van der Waals surface area (Å²) in [6.07, 6.45) is 4.38. The number of rotatable bonds is 4. The molecule has 0 bridgehead atoms. The summed E-state index contributed by atoms with van der Waals surface area (Å²) in [6, 6.07) is 0. The van der Waals surface area contributed by atoms with Crippen LogP contribution < -0.4 is 0 Å². The molecule has 0 spiro atoms. The molecule has 0 amide bonds. The maximum atomic E-state index is 10.9. The summed E-state index contributed by atoms with van der Waals surface area (Å²) in [4.78, 5) is 17.6. The number of nitrogens with one attached hydrogen (secondary N) is 1. The zero-order chi connectivity index (χ0) is 8.81. The third-order valence-corrected chi connectivity index (χ3v) is 1.46. The molecule has 0 fully saturated rings. The molecule has 1 N–H and O–H groups in total. The highest BCUT2D eigenvalue weighted by molar-refractivity contribution is 5.69. The van der Waals surface area contributed by atoms with E-state index in [4.69, 9.17) is 4.74 Å². The van der Waals surface area contributed by atoms with E-state index < -0.39 is 0 Å². The van der Waals surface area contributed by atoms with Crippen LogP contribution in [0.3, 0.4) is 0 Å². The van der Waals surface area contributed by atoms with Crippen molar-refractivity contribution in [2.75, 3.05) is 6.61 Å². The first-order chi connectivity index (χ1) is 5.83. The van der Waals surface area contributed by atoms with Crippen LogP contribution >= 0.6 is 0 Å². The van der Waals surface area contributed by atoms with Crippen molar-refractivity contribution < 1.29 is 9.53 Å². The Morgan fingerprint density at radius 2 is 2.58 bits per heavy atom. The zero-order valence-electron chi connectivity index (χ0n) is 7.04. The number of hydrogen-bond acceptors (Lipinski definition) is 3. The molecule has 1 aromatic heterocycles. The lowest BCUT2D eigenvalue weighted by atomic mass is 10.2. The Kier molecular flexibility index (Phi) is 3.32. The molecule has 0 aliphatic heterocycles. The minimum atomic E-state index is -0.160. The van der Waals surface area contributed by atoms with Crippen molar-refractivity contribution in [2.45, 2.75) is 19.8 Å². The van der Waals surface area contributed by atoms with Gasteiger partial charge in [0.05, 0.1) is 19.4 Å². The van der Waals surface area contributed by atoms with Gasteiger partial charge in [-0.15, -0.1) is 0 Å². The van der Waals surface area contributed by atoms with Gasteiger partial charge < -0.3 is 9.72 Å². The van der Waals surface area contributed by atoms with Crippen molar-refractivity contribution >= 4 is 5.97 Å². The topological polar surface area (TPSA) is 55.0 Å². The SMILES string of the molecule is CCOC(=O)CCc1cnc[nH]1. The van der Waals surface area contributed by atoms with E-state index in [0.29, 0.717) is 19.4 Å². The van der Waals surface area contributed by atoms with E-state index in [1.165, 1.54) is 0 Å². The van der Waals surface area contributed by atoms with E-state index in [0.717, 1.165) is 5.69 Å². The first-order valence-electron chi connectivity index (χ1n) is 3.95. The third kappa shape index (κ3) is 2.74. The molecule has 4 heteroatoms. The van der Waals surface area contributed by atoms with Gasteiger partial charge in [-0.3, -0.25) is 4.79 Å². The van der Waals surface area contributed by atoms with Crippen LogP contribution in [-0.4, -0.2) is 22.5 Å². The van der Waals surface area contributed by atoms with Gasteiger partial charge in [0, 0.05) is 11.9 Å². The molecule has 0 saturated heterocycles. The zero-order valence-corrected chi connectivity index (χ0v) is 7.04. The minimum Gasteiger partial charge on any atom is -0.466 e.